The number of nitrogens with one attached hydrogen (secondary N) is 2. The van der Waals surface area contributed by atoms with Gasteiger partial charge in [0.05, 0.1) is 10.5 Å². The third-order valence-corrected chi connectivity index (χ3v) is 6.81. The van der Waals surface area contributed by atoms with E-state index in [0.717, 1.165) is 29.7 Å². The highest BCUT2D eigenvalue weighted by molar-refractivity contribution is 7.89. The molecule has 2 aromatic rings. The van der Waals surface area contributed by atoms with E-state index in [4.69, 9.17) is 4.74 Å². The Hall–Kier alpha value is -2.71. The predicted molar refractivity (Wildman–Crippen MR) is 123 cm³/mol. The lowest BCUT2D eigenvalue weighted by Crippen LogP contribution is -2.25. The van der Waals surface area contributed by atoms with Crippen molar-refractivity contribution in [3.05, 3.63) is 59.2 Å². The van der Waals surface area contributed by atoms with Crippen LogP contribution in [0.15, 0.2) is 47.4 Å². The van der Waals surface area contributed by atoms with Crippen molar-refractivity contribution in [2.45, 2.75) is 63.3 Å². The third-order valence-electron chi connectivity index (χ3n) is 5.27. The molecular weight excluding hydrogens is 428 g/mol. The number of benzene rings is 2. The molecule has 1 aliphatic rings. The molecule has 0 aliphatic heterocycles. The zero-order valence-electron chi connectivity index (χ0n) is 18.8. The molecule has 0 aromatic heterocycles. The minimum atomic E-state index is -3.59. The van der Waals surface area contributed by atoms with Crippen molar-refractivity contribution in [3.8, 4) is 0 Å². The maximum Gasteiger partial charge on any atom is 0.338 e. The number of amides is 1. The van der Waals surface area contributed by atoms with E-state index in [0.29, 0.717) is 0 Å². The maximum absolute atomic E-state index is 12.5. The summed E-state index contributed by atoms with van der Waals surface area (Å²) in [7, 11) is -3.59. The van der Waals surface area contributed by atoms with Gasteiger partial charge >= 0.3 is 5.97 Å². The Balaban J connectivity index is 1.62. The van der Waals surface area contributed by atoms with Gasteiger partial charge in [-0.15, -0.1) is 0 Å². The second-order valence-electron chi connectivity index (χ2n) is 8.67. The minimum Gasteiger partial charge on any atom is -0.452 e. The molecule has 0 heterocycles. The van der Waals surface area contributed by atoms with Gasteiger partial charge in [-0.05, 0) is 60.1 Å². The first-order chi connectivity index (χ1) is 15.1. The number of carbonyl (C=O) groups is 2. The fourth-order valence-corrected chi connectivity index (χ4v) is 4.65. The van der Waals surface area contributed by atoms with Crippen molar-refractivity contribution >= 4 is 27.6 Å². The van der Waals surface area contributed by atoms with Gasteiger partial charge in [-0.2, -0.15) is 0 Å². The van der Waals surface area contributed by atoms with Crippen molar-refractivity contribution in [1.82, 2.24) is 4.72 Å². The van der Waals surface area contributed by atoms with Crippen molar-refractivity contribution in [3.63, 3.8) is 0 Å². The number of hydrogen-bond donors (Lipinski definition) is 2. The molecule has 32 heavy (non-hydrogen) atoms. The van der Waals surface area contributed by atoms with Gasteiger partial charge in [0.25, 0.3) is 5.91 Å². The Morgan fingerprint density at radius 1 is 0.969 bits per heavy atom. The summed E-state index contributed by atoms with van der Waals surface area (Å²) in [6.07, 6.45) is 1.68. The number of hydrogen-bond acceptors (Lipinski definition) is 5. The average molecular weight is 459 g/mol. The second kappa shape index (κ2) is 9.83. The van der Waals surface area contributed by atoms with Gasteiger partial charge in [0.2, 0.25) is 10.0 Å². The van der Waals surface area contributed by atoms with Gasteiger partial charge < -0.3 is 10.1 Å². The summed E-state index contributed by atoms with van der Waals surface area (Å²) in [6, 6.07) is 11.4. The van der Waals surface area contributed by atoms with E-state index in [9.17, 15) is 18.0 Å². The molecule has 0 unspecified atom stereocenters. The SMILES string of the molecule is CC(C)c1cccc(C(C)C)c1NC(=O)COC(=O)c1ccc(S(=O)(=O)NC2CC2)cc1. The largest absolute Gasteiger partial charge is 0.452 e. The highest BCUT2D eigenvalue weighted by Crippen LogP contribution is 2.32. The molecule has 0 saturated heterocycles. The lowest BCUT2D eigenvalue weighted by Gasteiger charge is -2.20. The molecule has 8 heteroatoms. The number of para-hydroxylation sites is 1. The van der Waals surface area contributed by atoms with Gasteiger partial charge in [-0.25, -0.2) is 17.9 Å². The molecule has 1 fully saturated rings. The summed E-state index contributed by atoms with van der Waals surface area (Å²) in [5.74, 6) is -0.687. The number of carbonyl (C=O) groups excluding carboxylic acids is 2. The quantitative estimate of drug-likeness (QED) is 0.549. The topological polar surface area (TPSA) is 102 Å². The first kappa shape index (κ1) is 23.9. The first-order valence-electron chi connectivity index (χ1n) is 10.8. The summed E-state index contributed by atoms with van der Waals surface area (Å²) in [6.45, 7) is 7.78. The van der Waals surface area contributed by atoms with Crippen LogP contribution in [-0.4, -0.2) is 32.9 Å². The van der Waals surface area contributed by atoms with Gasteiger partial charge in [0.15, 0.2) is 6.61 Å². The van der Waals surface area contributed by atoms with Crippen molar-refractivity contribution in [2.24, 2.45) is 0 Å². The molecule has 7 nitrogen and oxygen atoms in total. The maximum atomic E-state index is 12.5. The van der Waals surface area contributed by atoms with E-state index in [1.807, 2.05) is 18.2 Å². The summed E-state index contributed by atoms with van der Waals surface area (Å²) in [4.78, 5) is 24.9. The summed E-state index contributed by atoms with van der Waals surface area (Å²) < 4.78 is 32.2. The lowest BCUT2D eigenvalue weighted by atomic mass is 9.92. The molecule has 1 aliphatic carbocycles. The van der Waals surface area contributed by atoms with Crippen LogP contribution < -0.4 is 10.0 Å². The van der Waals surface area contributed by atoms with Crippen molar-refractivity contribution in [1.29, 1.82) is 0 Å². The van der Waals surface area contributed by atoms with Gasteiger partial charge in [0, 0.05) is 11.7 Å². The highest BCUT2D eigenvalue weighted by Gasteiger charge is 2.28. The standard InChI is InChI=1S/C24H30N2O5S/c1-15(2)20-6-5-7-21(16(3)4)23(20)25-22(27)14-31-24(28)17-8-12-19(13-9-17)32(29,30)26-18-10-11-18/h5-9,12-13,15-16,18,26H,10-11,14H2,1-4H3,(H,25,27). The lowest BCUT2D eigenvalue weighted by molar-refractivity contribution is -0.119. The molecule has 0 bridgehead atoms. The van der Waals surface area contributed by atoms with E-state index in [1.54, 1.807) is 0 Å². The molecule has 0 radical (unpaired) electrons. The minimum absolute atomic E-state index is 0.000178. The van der Waals surface area contributed by atoms with Crippen LogP contribution in [0.25, 0.3) is 0 Å². The fourth-order valence-electron chi connectivity index (χ4n) is 3.34. The molecule has 172 valence electrons. The van der Waals surface area contributed by atoms with Crippen LogP contribution in [0.4, 0.5) is 5.69 Å². The van der Waals surface area contributed by atoms with Crippen LogP contribution in [0.1, 0.15) is 73.9 Å². The molecule has 0 spiro atoms. The van der Waals surface area contributed by atoms with Crippen LogP contribution in [0.5, 0.6) is 0 Å². The van der Waals surface area contributed by atoms with Crippen LogP contribution in [0.3, 0.4) is 0 Å². The molecule has 1 amide bonds. The van der Waals surface area contributed by atoms with Gasteiger partial charge in [0.1, 0.15) is 0 Å². The zero-order chi connectivity index (χ0) is 23.5. The van der Waals surface area contributed by atoms with Gasteiger partial charge in [-0.1, -0.05) is 45.9 Å². The van der Waals surface area contributed by atoms with Gasteiger partial charge in [-0.3, -0.25) is 4.79 Å². The normalized spacial score (nSPS) is 13.9. The Kier molecular flexibility index (Phi) is 7.36. The number of anilines is 1. The van der Waals surface area contributed by atoms with Crippen molar-refractivity contribution in [2.75, 3.05) is 11.9 Å². The average Bonchev–Trinajstić information content (AvgIpc) is 3.55. The Morgan fingerprint density at radius 2 is 1.53 bits per heavy atom. The second-order valence-corrected chi connectivity index (χ2v) is 10.4. The number of esters is 1. The molecule has 3 rings (SSSR count). The molecule has 2 N–H and O–H groups in total. The van der Waals surface area contributed by atoms with E-state index in [-0.39, 0.29) is 28.3 Å². The summed E-state index contributed by atoms with van der Waals surface area (Å²) >= 11 is 0. The van der Waals surface area contributed by atoms with E-state index < -0.39 is 28.5 Å². The Labute approximate surface area is 189 Å². The zero-order valence-corrected chi connectivity index (χ0v) is 19.7. The van der Waals surface area contributed by atoms with Crippen LogP contribution in [-0.2, 0) is 19.6 Å². The molecule has 0 atom stereocenters. The molecule has 2 aromatic carbocycles. The predicted octanol–water partition coefficient (Wildman–Crippen LogP) is 4.17. The third kappa shape index (κ3) is 5.95. The highest BCUT2D eigenvalue weighted by atomic mass is 32.2. The van der Waals surface area contributed by atoms with E-state index in [2.05, 4.69) is 37.7 Å². The number of sulfonamides is 1. The summed E-state index contributed by atoms with van der Waals surface area (Å²) in [5.41, 5.74) is 2.98. The van der Waals surface area contributed by atoms with E-state index in [1.165, 1.54) is 24.3 Å². The number of rotatable bonds is 9. The smallest absolute Gasteiger partial charge is 0.338 e. The van der Waals surface area contributed by atoms with Crippen molar-refractivity contribution < 1.29 is 22.7 Å². The fraction of sp³-hybridized carbons (Fsp3) is 0.417. The molecular formula is C24H30N2O5S. The molecule has 1 saturated carbocycles. The summed E-state index contributed by atoms with van der Waals surface area (Å²) in [5, 5.41) is 2.90. The van der Waals surface area contributed by atoms with Crippen LogP contribution >= 0.6 is 0 Å². The Bertz CT molecular complexity index is 1060. The van der Waals surface area contributed by atoms with E-state index >= 15 is 0 Å². The van der Waals surface area contributed by atoms with Crippen LogP contribution in [0.2, 0.25) is 0 Å². The number of ether oxygens (including phenoxy) is 1. The first-order valence-corrected chi connectivity index (χ1v) is 12.3. The monoisotopic (exact) mass is 458 g/mol. The van der Waals surface area contributed by atoms with Crippen LogP contribution in [0, 0.1) is 0 Å². The Morgan fingerprint density at radius 3 is 2.03 bits per heavy atom.